The number of ether oxygens (including phenoxy) is 3. The molecule has 0 N–H and O–H groups in total. The smallest absolute Gasteiger partial charge is 0.306 e. The molecule has 0 saturated carbocycles. The van der Waals surface area contributed by atoms with E-state index in [1.165, 1.54) is 44.9 Å². The molecular formula is C55H80O6. The Kier molecular flexibility index (Phi) is 43.8. The van der Waals surface area contributed by atoms with Gasteiger partial charge >= 0.3 is 17.9 Å². The standard InChI is InChI=1S/C55H80O6/c1-4-7-10-13-16-19-22-25-26-27-28-31-33-36-39-42-45-48-54(57)60-51-52(61-55(58)49-46-43-40-37-34-30-24-21-18-15-12-9-6-3)50-59-53(56)47-44-41-38-35-32-29-23-20-17-14-11-8-5-2/h8-9,11-12,14-15,17-18,20-21,23-26,28-32,34-40,52H,4-7,10,13,16,19,22,27,33,41-51H2,1-3H3/b11-8-,12-9-,17-14-,18-15-,23-20-,24-21-,26-25-,31-28-,32-29-,34-30-,38-35-,39-36-,40-37-. The van der Waals surface area contributed by atoms with Crippen LogP contribution in [0.3, 0.4) is 0 Å². The second-order valence-corrected chi connectivity index (χ2v) is 14.4. The van der Waals surface area contributed by atoms with E-state index in [1.807, 2.05) is 109 Å². The molecular weight excluding hydrogens is 757 g/mol. The molecule has 0 saturated heterocycles. The van der Waals surface area contributed by atoms with Gasteiger partial charge in [-0.25, -0.2) is 0 Å². The van der Waals surface area contributed by atoms with E-state index < -0.39 is 12.1 Å². The maximum atomic E-state index is 12.7. The van der Waals surface area contributed by atoms with Gasteiger partial charge in [-0.05, 0) is 77.0 Å². The third-order valence-electron chi connectivity index (χ3n) is 8.75. The molecule has 0 amide bonds. The molecule has 0 heterocycles. The van der Waals surface area contributed by atoms with E-state index in [9.17, 15) is 14.4 Å². The lowest BCUT2D eigenvalue weighted by Gasteiger charge is -2.18. The SMILES string of the molecule is CC\C=C/C=C\C=C/C=C\C=C/CCCC(=O)OCC(COC(=O)CCC/C=C\C/C=C\C/C=C\CCCCCCCC)OC(=O)CCC\C=C/C=C\C=C/C=C\C=C/CC. The van der Waals surface area contributed by atoms with Crippen molar-refractivity contribution in [3.63, 3.8) is 0 Å². The number of carbonyl (C=O) groups is 3. The van der Waals surface area contributed by atoms with Gasteiger partial charge in [-0.2, -0.15) is 0 Å². The number of hydrogen-bond donors (Lipinski definition) is 0. The number of hydrogen-bond acceptors (Lipinski definition) is 6. The monoisotopic (exact) mass is 837 g/mol. The van der Waals surface area contributed by atoms with Crippen molar-refractivity contribution in [2.75, 3.05) is 13.2 Å². The minimum atomic E-state index is -0.871. The molecule has 61 heavy (non-hydrogen) atoms. The first-order valence-corrected chi connectivity index (χ1v) is 23.1. The molecule has 0 aliphatic carbocycles. The Balaban J connectivity index is 4.71. The molecule has 1 atom stereocenters. The highest BCUT2D eigenvalue weighted by atomic mass is 16.6. The van der Waals surface area contributed by atoms with E-state index in [1.54, 1.807) is 0 Å². The van der Waals surface area contributed by atoms with Gasteiger partial charge in [0.1, 0.15) is 13.2 Å². The summed E-state index contributed by atoms with van der Waals surface area (Å²) in [4.78, 5) is 37.7. The van der Waals surface area contributed by atoms with Crippen LogP contribution in [-0.2, 0) is 28.6 Å². The van der Waals surface area contributed by atoms with Gasteiger partial charge in [0.2, 0.25) is 0 Å². The van der Waals surface area contributed by atoms with Gasteiger partial charge in [-0.15, -0.1) is 0 Å². The summed E-state index contributed by atoms with van der Waals surface area (Å²) in [5.41, 5.74) is 0. The lowest BCUT2D eigenvalue weighted by atomic mass is 10.1. The maximum absolute atomic E-state index is 12.7. The second kappa shape index (κ2) is 47.7. The van der Waals surface area contributed by atoms with Crippen LogP contribution >= 0.6 is 0 Å². The van der Waals surface area contributed by atoms with Gasteiger partial charge in [0, 0.05) is 19.3 Å². The molecule has 1 unspecified atom stereocenters. The number of carbonyl (C=O) groups excluding carboxylic acids is 3. The topological polar surface area (TPSA) is 78.9 Å². The zero-order valence-corrected chi connectivity index (χ0v) is 38.1. The fraction of sp³-hybridized carbons (Fsp3) is 0.473. The van der Waals surface area contributed by atoms with Crippen molar-refractivity contribution in [2.45, 2.75) is 155 Å². The van der Waals surface area contributed by atoms with Gasteiger partial charge in [0.05, 0.1) is 0 Å². The average Bonchev–Trinajstić information content (AvgIpc) is 3.26. The molecule has 0 radical (unpaired) electrons. The Labute approximate surface area is 371 Å². The van der Waals surface area contributed by atoms with Crippen molar-refractivity contribution in [1.29, 1.82) is 0 Å². The Bertz CT molecular complexity index is 1470. The highest BCUT2D eigenvalue weighted by Gasteiger charge is 2.19. The molecule has 0 bridgehead atoms. The highest BCUT2D eigenvalue weighted by molar-refractivity contribution is 5.71. The highest BCUT2D eigenvalue weighted by Crippen LogP contribution is 2.09. The zero-order valence-electron chi connectivity index (χ0n) is 38.1. The Morgan fingerprint density at radius 2 is 0.705 bits per heavy atom. The molecule has 0 aliphatic rings. The molecule has 0 aromatic rings. The van der Waals surface area contributed by atoms with Crippen LogP contribution in [0.25, 0.3) is 0 Å². The largest absolute Gasteiger partial charge is 0.462 e. The quantitative estimate of drug-likeness (QED) is 0.0203. The molecule has 6 heteroatoms. The molecule has 0 rings (SSSR count). The van der Waals surface area contributed by atoms with Crippen LogP contribution in [0.2, 0.25) is 0 Å². The normalized spacial score (nSPS) is 13.6. The van der Waals surface area contributed by atoms with Crippen molar-refractivity contribution in [1.82, 2.24) is 0 Å². The van der Waals surface area contributed by atoms with Crippen LogP contribution in [0.15, 0.2) is 158 Å². The van der Waals surface area contributed by atoms with E-state index in [0.717, 1.165) is 38.5 Å². The predicted molar refractivity (Wildman–Crippen MR) is 260 cm³/mol. The predicted octanol–water partition coefficient (Wildman–Crippen LogP) is 15.1. The maximum Gasteiger partial charge on any atom is 0.306 e. The minimum absolute atomic E-state index is 0.164. The van der Waals surface area contributed by atoms with Crippen LogP contribution in [0, 0.1) is 0 Å². The summed E-state index contributed by atoms with van der Waals surface area (Å²) in [6.07, 6.45) is 69.6. The van der Waals surface area contributed by atoms with E-state index in [-0.39, 0.29) is 44.4 Å². The van der Waals surface area contributed by atoms with Crippen molar-refractivity contribution in [3.05, 3.63) is 158 Å². The van der Waals surface area contributed by atoms with Crippen molar-refractivity contribution >= 4 is 17.9 Å². The molecule has 0 fully saturated rings. The minimum Gasteiger partial charge on any atom is -0.462 e. The summed E-state index contributed by atoms with van der Waals surface area (Å²) in [6.45, 7) is 6.12. The number of rotatable bonds is 38. The summed E-state index contributed by atoms with van der Waals surface area (Å²) in [6, 6.07) is 0. The number of unbranched alkanes of at least 4 members (excludes halogenated alkanes) is 9. The fourth-order valence-electron chi connectivity index (χ4n) is 5.34. The van der Waals surface area contributed by atoms with Crippen molar-refractivity contribution in [2.24, 2.45) is 0 Å². The summed E-state index contributed by atoms with van der Waals surface area (Å²) < 4.78 is 16.5. The van der Waals surface area contributed by atoms with Gasteiger partial charge in [-0.1, -0.05) is 211 Å². The van der Waals surface area contributed by atoms with Gasteiger partial charge in [-0.3, -0.25) is 14.4 Å². The van der Waals surface area contributed by atoms with E-state index in [2.05, 4.69) is 69.4 Å². The lowest BCUT2D eigenvalue weighted by Crippen LogP contribution is -2.30. The average molecular weight is 837 g/mol. The third-order valence-corrected chi connectivity index (χ3v) is 8.75. The first-order valence-electron chi connectivity index (χ1n) is 23.1. The summed E-state index contributed by atoms with van der Waals surface area (Å²) in [7, 11) is 0. The van der Waals surface area contributed by atoms with Crippen LogP contribution in [0.1, 0.15) is 149 Å². The Hall–Kier alpha value is -4.97. The van der Waals surface area contributed by atoms with Crippen molar-refractivity contribution in [3.8, 4) is 0 Å². The molecule has 0 aromatic heterocycles. The van der Waals surface area contributed by atoms with Crippen LogP contribution in [-0.4, -0.2) is 37.2 Å². The number of esters is 3. The molecule has 336 valence electrons. The third kappa shape index (κ3) is 46.0. The Morgan fingerprint density at radius 3 is 1.15 bits per heavy atom. The molecule has 0 aromatic carbocycles. The van der Waals surface area contributed by atoms with Gasteiger partial charge < -0.3 is 14.2 Å². The summed E-state index contributed by atoms with van der Waals surface area (Å²) in [5, 5.41) is 0. The zero-order chi connectivity index (χ0) is 44.4. The molecule has 0 aliphatic heterocycles. The van der Waals surface area contributed by atoms with Crippen LogP contribution < -0.4 is 0 Å². The second-order valence-electron chi connectivity index (χ2n) is 14.4. The van der Waals surface area contributed by atoms with Crippen molar-refractivity contribution < 1.29 is 28.6 Å². The lowest BCUT2D eigenvalue weighted by molar-refractivity contribution is -0.166. The first-order chi connectivity index (χ1) is 30.0. The van der Waals surface area contributed by atoms with Crippen LogP contribution in [0.4, 0.5) is 0 Å². The fourth-order valence-corrected chi connectivity index (χ4v) is 5.34. The van der Waals surface area contributed by atoms with E-state index in [4.69, 9.17) is 14.2 Å². The summed E-state index contributed by atoms with van der Waals surface area (Å²) in [5.74, 6) is -1.18. The Morgan fingerprint density at radius 1 is 0.361 bits per heavy atom. The number of allylic oxidation sites excluding steroid dienone is 26. The molecule has 0 spiro atoms. The first kappa shape index (κ1) is 56.0. The van der Waals surface area contributed by atoms with Crippen LogP contribution in [0.5, 0.6) is 0 Å². The van der Waals surface area contributed by atoms with E-state index >= 15 is 0 Å². The molecule has 6 nitrogen and oxygen atoms in total. The van der Waals surface area contributed by atoms with E-state index in [0.29, 0.717) is 25.7 Å². The summed E-state index contributed by atoms with van der Waals surface area (Å²) >= 11 is 0. The van der Waals surface area contributed by atoms with Gasteiger partial charge in [0.25, 0.3) is 0 Å². The van der Waals surface area contributed by atoms with Gasteiger partial charge in [0.15, 0.2) is 6.10 Å².